The van der Waals surface area contributed by atoms with E-state index in [1.54, 1.807) is 21.3 Å². The summed E-state index contributed by atoms with van der Waals surface area (Å²) in [5, 5.41) is 0. The van der Waals surface area contributed by atoms with Gasteiger partial charge < -0.3 is 23.6 Å². The van der Waals surface area contributed by atoms with Crippen molar-refractivity contribution in [2.45, 2.75) is 32.1 Å². The van der Waals surface area contributed by atoms with Gasteiger partial charge in [0.05, 0.1) is 38.6 Å². The van der Waals surface area contributed by atoms with Crippen LogP contribution >= 0.6 is 0 Å². The fourth-order valence-corrected chi connectivity index (χ4v) is 5.27. The number of hydrogen-bond donors (Lipinski definition) is 0. The first-order valence-electron chi connectivity index (χ1n) is 13.0. The summed E-state index contributed by atoms with van der Waals surface area (Å²) in [7, 11) is 6.61. The molecule has 0 amide bonds. The maximum Gasteiger partial charge on any atom is 0.416 e. The number of imidazole rings is 1. The molecule has 1 saturated heterocycles. The van der Waals surface area contributed by atoms with Gasteiger partial charge in [-0.1, -0.05) is 18.2 Å². The molecular weight excluding hydrogens is 525 g/mol. The minimum atomic E-state index is -4.40. The van der Waals surface area contributed by atoms with Crippen LogP contribution in [0.3, 0.4) is 0 Å². The Hall–Kier alpha value is -3.57. The lowest BCUT2D eigenvalue weighted by Gasteiger charge is -2.38. The Morgan fingerprint density at radius 2 is 1.60 bits per heavy atom. The Labute approximate surface area is 232 Å². The maximum absolute atomic E-state index is 13.0. The first kappa shape index (κ1) is 29.4. The third-order valence-electron chi connectivity index (χ3n) is 7.55. The second-order valence-corrected chi connectivity index (χ2v) is 9.76. The number of ether oxygens (including phenoxy) is 3. The van der Waals surface area contributed by atoms with Crippen LogP contribution in [0.1, 0.15) is 35.0 Å². The molecule has 1 fully saturated rings. The predicted molar refractivity (Wildman–Crippen MR) is 145 cm³/mol. The van der Waals surface area contributed by atoms with Crippen molar-refractivity contribution in [3.63, 3.8) is 0 Å². The number of methoxy groups -OCH3 is 3. The van der Waals surface area contributed by atoms with E-state index in [0.29, 0.717) is 35.2 Å². The molecule has 2 heterocycles. The van der Waals surface area contributed by atoms with Crippen LogP contribution in [0.15, 0.2) is 36.4 Å². The summed E-state index contributed by atoms with van der Waals surface area (Å²) in [6, 6.07) is 8.61. The zero-order valence-corrected chi connectivity index (χ0v) is 23.4. The zero-order valence-electron chi connectivity index (χ0n) is 23.4. The highest BCUT2D eigenvalue weighted by atomic mass is 19.4. The Kier molecular flexibility index (Phi) is 9.05. The van der Waals surface area contributed by atoms with Crippen LogP contribution in [-0.2, 0) is 24.6 Å². The monoisotopic (exact) mass is 560 g/mol. The minimum Gasteiger partial charge on any atom is -0.493 e. The molecule has 0 radical (unpaired) electrons. The first-order valence-corrected chi connectivity index (χ1v) is 13.0. The van der Waals surface area contributed by atoms with Gasteiger partial charge in [-0.15, -0.1) is 0 Å². The van der Waals surface area contributed by atoms with Crippen molar-refractivity contribution in [1.29, 1.82) is 0 Å². The molecule has 0 N–H and O–H groups in total. The smallest absolute Gasteiger partial charge is 0.416 e. The molecule has 11 heteroatoms. The number of piperazine rings is 1. The quantitative estimate of drug-likeness (QED) is 0.327. The van der Waals surface area contributed by atoms with Crippen molar-refractivity contribution in [3.8, 4) is 28.6 Å². The van der Waals surface area contributed by atoms with Gasteiger partial charge in [0.2, 0.25) is 5.75 Å². The normalized spacial score (nSPS) is 15.6. The maximum atomic E-state index is 13.0. The fourth-order valence-electron chi connectivity index (χ4n) is 5.27. The molecule has 1 aromatic heterocycles. The van der Waals surface area contributed by atoms with Crippen molar-refractivity contribution < 1.29 is 32.2 Å². The van der Waals surface area contributed by atoms with Gasteiger partial charge in [-0.25, -0.2) is 4.98 Å². The van der Waals surface area contributed by atoms with Crippen LogP contribution in [0.2, 0.25) is 0 Å². The number of aldehydes is 1. The summed E-state index contributed by atoms with van der Waals surface area (Å²) in [6.07, 6.45) is -3.23. The highest BCUT2D eigenvalue weighted by Gasteiger charge is 2.32. The lowest BCUT2D eigenvalue weighted by atomic mass is 10.1. The van der Waals surface area contributed by atoms with Crippen molar-refractivity contribution >= 4 is 6.29 Å². The Morgan fingerprint density at radius 3 is 2.15 bits per heavy atom. The highest BCUT2D eigenvalue weighted by Crippen LogP contribution is 2.40. The number of rotatable bonds is 10. The molecule has 0 aliphatic carbocycles. The molecule has 0 spiro atoms. The number of alkyl halides is 3. The number of benzene rings is 2. The van der Waals surface area contributed by atoms with Crippen LogP contribution < -0.4 is 14.2 Å². The predicted octanol–water partition coefficient (Wildman–Crippen LogP) is 4.89. The van der Waals surface area contributed by atoms with Gasteiger partial charge in [0.25, 0.3) is 0 Å². The van der Waals surface area contributed by atoms with Crippen molar-refractivity contribution in [2.24, 2.45) is 7.05 Å². The standard InChI is InChI=1S/C29H35F3N4O4/c1-19-25(33-28(34(19)2)20-6-9-22(10-7-20)29(30,31)32)23(12-17-37)36-15-13-35(14-16-36)18-21-8-11-24(38-3)27(40-5)26(21)39-4/h6-11,17,23H,12-16,18H2,1-5H3. The van der Waals surface area contributed by atoms with Gasteiger partial charge in [-0.05, 0) is 25.1 Å². The number of halogens is 3. The molecule has 1 unspecified atom stereocenters. The highest BCUT2D eigenvalue weighted by molar-refractivity contribution is 5.59. The summed E-state index contributed by atoms with van der Waals surface area (Å²) in [4.78, 5) is 21.1. The lowest BCUT2D eigenvalue weighted by Crippen LogP contribution is -2.47. The second-order valence-electron chi connectivity index (χ2n) is 9.76. The molecule has 1 aliphatic rings. The summed E-state index contributed by atoms with van der Waals surface area (Å²) in [5.41, 5.74) is 2.51. The van der Waals surface area contributed by atoms with E-state index in [2.05, 4.69) is 9.80 Å². The molecule has 8 nitrogen and oxygen atoms in total. The van der Waals surface area contributed by atoms with E-state index in [0.717, 1.165) is 61.5 Å². The summed E-state index contributed by atoms with van der Waals surface area (Å²) >= 11 is 0. The lowest BCUT2D eigenvalue weighted by molar-refractivity contribution is -0.137. The second kappa shape index (κ2) is 12.3. The van der Waals surface area contributed by atoms with Crippen molar-refractivity contribution in [3.05, 3.63) is 58.9 Å². The molecule has 3 aromatic rings. The van der Waals surface area contributed by atoms with Gasteiger partial charge in [0.15, 0.2) is 11.5 Å². The van der Waals surface area contributed by atoms with Crippen LogP contribution in [-0.4, -0.2) is 73.1 Å². The van der Waals surface area contributed by atoms with E-state index in [4.69, 9.17) is 19.2 Å². The van der Waals surface area contributed by atoms with E-state index in [1.165, 1.54) is 12.1 Å². The molecule has 1 atom stereocenters. The molecular formula is C29H35F3N4O4. The van der Waals surface area contributed by atoms with Gasteiger partial charge >= 0.3 is 6.18 Å². The van der Waals surface area contributed by atoms with Crippen LogP contribution in [0.25, 0.3) is 11.4 Å². The third kappa shape index (κ3) is 5.95. The number of carbonyl (C=O) groups excluding carboxylic acids is 1. The number of hydrogen-bond acceptors (Lipinski definition) is 7. The molecule has 1 aliphatic heterocycles. The fraction of sp³-hybridized carbons (Fsp3) is 0.448. The van der Waals surface area contributed by atoms with Crippen LogP contribution in [0.4, 0.5) is 13.2 Å². The molecule has 216 valence electrons. The Morgan fingerprint density at radius 1 is 0.950 bits per heavy atom. The molecule has 4 rings (SSSR count). The number of carbonyl (C=O) groups is 1. The van der Waals surface area contributed by atoms with Gasteiger partial charge in [-0.2, -0.15) is 13.2 Å². The van der Waals surface area contributed by atoms with Gasteiger partial charge in [-0.3, -0.25) is 9.80 Å². The van der Waals surface area contributed by atoms with Gasteiger partial charge in [0, 0.05) is 63.0 Å². The summed E-state index contributed by atoms with van der Waals surface area (Å²) in [5.74, 6) is 2.37. The Bertz CT molecular complexity index is 1320. The van der Waals surface area contributed by atoms with Crippen molar-refractivity contribution in [2.75, 3.05) is 47.5 Å². The first-order chi connectivity index (χ1) is 19.1. The molecule has 0 bridgehead atoms. The molecule has 0 saturated carbocycles. The largest absolute Gasteiger partial charge is 0.493 e. The third-order valence-corrected chi connectivity index (χ3v) is 7.55. The van der Waals surface area contributed by atoms with E-state index >= 15 is 0 Å². The SMILES string of the molecule is COc1ccc(CN2CCN(C(CC=O)c3nc(-c4ccc(C(F)(F)F)cc4)n(C)c3C)CC2)c(OC)c1OC. The van der Waals surface area contributed by atoms with Crippen molar-refractivity contribution in [1.82, 2.24) is 19.4 Å². The number of nitrogens with zero attached hydrogens (tertiary/aromatic N) is 4. The summed E-state index contributed by atoms with van der Waals surface area (Å²) in [6.45, 7) is 5.57. The average molecular weight is 561 g/mol. The van der Waals surface area contributed by atoms with E-state index in [9.17, 15) is 18.0 Å². The van der Waals surface area contributed by atoms with Gasteiger partial charge in [0.1, 0.15) is 12.1 Å². The molecule has 40 heavy (non-hydrogen) atoms. The van der Waals surface area contributed by atoms with Crippen LogP contribution in [0.5, 0.6) is 17.2 Å². The van der Waals surface area contributed by atoms with E-state index in [-0.39, 0.29) is 12.5 Å². The zero-order chi connectivity index (χ0) is 29.0. The van der Waals surface area contributed by atoms with E-state index < -0.39 is 11.7 Å². The minimum absolute atomic E-state index is 0.232. The Balaban J connectivity index is 1.51. The summed E-state index contributed by atoms with van der Waals surface area (Å²) < 4.78 is 57.5. The topological polar surface area (TPSA) is 69.1 Å². The number of aromatic nitrogens is 2. The molecule has 2 aromatic carbocycles. The van der Waals surface area contributed by atoms with Crippen LogP contribution in [0, 0.1) is 6.92 Å². The van der Waals surface area contributed by atoms with E-state index in [1.807, 2.05) is 30.7 Å². The average Bonchev–Trinajstić information content (AvgIpc) is 3.25.